The molecule has 1 aliphatic rings. The lowest BCUT2D eigenvalue weighted by Crippen LogP contribution is -2.48. The standard InChI is InChI=1S/C21H21N3O2/c25-20-9-7-17-14-18(6-8-19(17)22-20)21(26)24-12-10-23(11-13-24)15-16-4-2-1-3-5-16/h1-9,14H,10-13,15H2,(H,22,25). The first-order valence-electron chi connectivity index (χ1n) is 8.88. The third kappa shape index (κ3) is 3.53. The van der Waals surface area contributed by atoms with Crippen LogP contribution in [0.15, 0.2) is 65.5 Å². The largest absolute Gasteiger partial charge is 0.336 e. The van der Waals surface area contributed by atoms with Gasteiger partial charge in [-0.15, -0.1) is 0 Å². The summed E-state index contributed by atoms with van der Waals surface area (Å²) in [5.74, 6) is 0.0532. The van der Waals surface area contributed by atoms with E-state index in [0.717, 1.165) is 43.6 Å². The van der Waals surface area contributed by atoms with Crippen LogP contribution in [0.1, 0.15) is 15.9 Å². The molecule has 1 N–H and O–H groups in total. The Balaban J connectivity index is 1.42. The molecule has 0 atom stereocenters. The van der Waals surface area contributed by atoms with Crippen molar-refractivity contribution >= 4 is 16.8 Å². The van der Waals surface area contributed by atoms with Gasteiger partial charge in [-0.2, -0.15) is 0 Å². The predicted octanol–water partition coefficient (Wildman–Crippen LogP) is 2.49. The van der Waals surface area contributed by atoms with Gasteiger partial charge < -0.3 is 9.88 Å². The Morgan fingerprint density at radius 3 is 2.46 bits per heavy atom. The number of fused-ring (bicyclic) bond motifs is 1. The van der Waals surface area contributed by atoms with Crippen molar-refractivity contribution in [3.8, 4) is 0 Å². The molecule has 0 unspecified atom stereocenters. The van der Waals surface area contributed by atoms with Gasteiger partial charge in [0.15, 0.2) is 0 Å². The molecule has 1 amide bonds. The van der Waals surface area contributed by atoms with Crippen LogP contribution in [-0.4, -0.2) is 46.9 Å². The summed E-state index contributed by atoms with van der Waals surface area (Å²) in [4.78, 5) is 31.3. The minimum Gasteiger partial charge on any atom is -0.336 e. The molecular formula is C21H21N3O2. The van der Waals surface area contributed by atoms with Crippen LogP contribution < -0.4 is 5.56 Å². The topological polar surface area (TPSA) is 56.4 Å². The van der Waals surface area contributed by atoms with Gasteiger partial charge in [0, 0.05) is 49.9 Å². The zero-order chi connectivity index (χ0) is 17.9. The number of nitrogens with one attached hydrogen (secondary N) is 1. The molecule has 1 aromatic heterocycles. The van der Waals surface area contributed by atoms with Crippen molar-refractivity contribution in [2.45, 2.75) is 6.54 Å². The number of hydrogen-bond acceptors (Lipinski definition) is 3. The van der Waals surface area contributed by atoms with Crippen LogP contribution in [-0.2, 0) is 6.54 Å². The highest BCUT2D eigenvalue weighted by molar-refractivity contribution is 5.98. The molecule has 1 saturated heterocycles. The number of carbonyl (C=O) groups is 1. The first kappa shape index (κ1) is 16.5. The van der Waals surface area contributed by atoms with Gasteiger partial charge in [-0.25, -0.2) is 0 Å². The molecule has 4 rings (SSSR count). The smallest absolute Gasteiger partial charge is 0.253 e. The van der Waals surface area contributed by atoms with Gasteiger partial charge in [0.1, 0.15) is 0 Å². The second-order valence-electron chi connectivity index (χ2n) is 6.68. The molecule has 0 saturated carbocycles. The molecule has 5 nitrogen and oxygen atoms in total. The third-order valence-corrected chi connectivity index (χ3v) is 4.88. The Morgan fingerprint density at radius 2 is 1.69 bits per heavy atom. The molecule has 0 radical (unpaired) electrons. The summed E-state index contributed by atoms with van der Waals surface area (Å²) in [7, 11) is 0. The highest BCUT2D eigenvalue weighted by Crippen LogP contribution is 2.16. The molecule has 0 spiro atoms. The van der Waals surface area contributed by atoms with Gasteiger partial charge in [0.05, 0.1) is 0 Å². The number of benzene rings is 2. The Labute approximate surface area is 151 Å². The maximum absolute atomic E-state index is 12.8. The van der Waals surface area contributed by atoms with Gasteiger partial charge in [0.25, 0.3) is 5.91 Å². The zero-order valence-corrected chi connectivity index (χ0v) is 14.5. The first-order valence-corrected chi connectivity index (χ1v) is 8.88. The average Bonchev–Trinajstić information content (AvgIpc) is 2.68. The van der Waals surface area contributed by atoms with Gasteiger partial charge in [0.2, 0.25) is 5.56 Å². The maximum Gasteiger partial charge on any atom is 0.253 e. The van der Waals surface area contributed by atoms with Crippen molar-refractivity contribution in [3.63, 3.8) is 0 Å². The van der Waals surface area contributed by atoms with E-state index in [1.165, 1.54) is 11.6 Å². The highest BCUT2D eigenvalue weighted by Gasteiger charge is 2.22. The lowest BCUT2D eigenvalue weighted by molar-refractivity contribution is 0.0628. The molecular weight excluding hydrogens is 326 g/mol. The van der Waals surface area contributed by atoms with Crippen LogP contribution in [0.2, 0.25) is 0 Å². The second-order valence-corrected chi connectivity index (χ2v) is 6.68. The van der Waals surface area contributed by atoms with Gasteiger partial charge >= 0.3 is 0 Å². The number of pyridine rings is 1. The molecule has 26 heavy (non-hydrogen) atoms. The Kier molecular flexibility index (Phi) is 4.54. The second kappa shape index (κ2) is 7.14. The van der Waals surface area contributed by atoms with E-state index >= 15 is 0 Å². The van der Waals surface area contributed by atoms with E-state index in [4.69, 9.17) is 0 Å². The Hall–Kier alpha value is -2.92. The molecule has 5 heteroatoms. The normalized spacial score (nSPS) is 15.3. The van der Waals surface area contributed by atoms with Crippen LogP contribution in [0.3, 0.4) is 0 Å². The summed E-state index contributed by atoms with van der Waals surface area (Å²) in [5, 5.41) is 0.873. The van der Waals surface area contributed by atoms with Crippen LogP contribution in [0.25, 0.3) is 10.9 Å². The summed E-state index contributed by atoms with van der Waals surface area (Å²) in [6, 6.07) is 19.1. The fourth-order valence-corrected chi connectivity index (χ4v) is 3.42. The van der Waals surface area contributed by atoms with Gasteiger partial charge in [-0.05, 0) is 35.2 Å². The van der Waals surface area contributed by atoms with E-state index in [0.29, 0.717) is 5.56 Å². The van der Waals surface area contributed by atoms with Gasteiger partial charge in [-0.3, -0.25) is 14.5 Å². The minimum atomic E-state index is -0.133. The molecule has 132 valence electrons. The van der Waals surface area contributed by atoms with Crippen molar-refractivity contribution in [2.75, 3.05) is 26.2 Å². The fraction of sp³-hybridized carbons (Fsp3) is 0.238. The van der Waals surface area contributed by atoms with Gasteiger partial charge in [-0.1, -0.05) is 30.3 Å². The quantitative estimate of drug-likeness (QED) is 0.792. The van der Waals surface area contributed by atoms with Crippen LogP contribution >= 0.6 is 0 Å². The number of hydrogen-bond donors (Lipinski definition) is 1. The number of aromatic nitrogens is 1. The van der Waals surface area contributed by atoms with E-state index in [9.17, 15) is 9.59 Å². The molecule has 0 bridgehead atoms. The fourth-order valence-electron chi connectivity index (χ4n) is 3.42. The molecule has 0 aliphatic carbocycles. The lowest BCUT2D eigenvalue weighted by Gasteiger charge is -2.34. The minimum absolute atomic E-state index is 0.0532. The summed E-state index contributed by atoms with van der Waals surface area (Å²) in [5.41, 5.74) is 2.59. The molecule has 2 heterocycles. The summed E-state index contributed by atoms with van der Waals surface area (Å²) in [6.45, 7) is 4.14. The van der Waals surface area contributed by atoms with E-state index in [1.54, 1.807) is 18.2 Å². The van der Waals surface area contributed by atoms with Crippen molar-refractivity contribution in [2.24, 2.45) is 0 Å². The SMILES string of the molecule is O=C(c1ccc2[nH]c(=O)ccc2c1)N1CCN(Cc2ccccc2)CC1. The first-order chi connectivity index (χ1) is 12.7. The summed E-state index contributed by atoms with van der Waals surface area (Å²) >= 11 is 0. The monoisotopic (exact) mass is 347 g/mol. The number of carbonyl (C=O) groups excluding carboxylic acids is 1. The number of nitrogens with zero attached hydrogens (tertiary/aromatic N) is 2. The summed E-state index contributed by atoms with van der Waals surface area (Å²) in [6.07, 6.45) is 0. The Bertz CT molecular complexity index is 973. The molecule has 3 aromatic rings. The van der Waals surface area contributed by atoms with E-state index < -0.39 is 0 Å². The van der Waals surface area contributed by atoms with Crippen molar-refractivity contribution in [1.29, 1.82) is 0 Å². The van der Waals surface area contributed by atoms with Crippen molar-refractivity contribution in [3.05, 3.63) is 82.1 Å². The molecule has 1 fully saturated rings. The number of amides is 1. The predicted molar refractivity (Wildman–Crippen MR) is 102 cm³/mol. The third-order valence-electron chi connectivity index (χ3n) is 4.88. The number of rotatable bonds is 3. The van der Waals surface area contributed by atoms with Crippen LogP contribution in [0, 0.1) is 0 Å². The number of aromatic amines is 1. The zero-order valence-electron chi connectivity index (χ0n) is 14.5. The molecule has 1 aliphatic heterocycles. The molecule has 2 aromatic carbocycles. The summed E-state index contributed by atoms with van der Waals surface area (Å²) < 4.78 is 0. The van der Waals surface area contributed by atoms with E-state index in [2.05, 4.69) is 34.1 Å². The number of H-pyrrole nitrogens is 1. The average molecular weight is 347 g/mol. The van der Waals surface area contributed by atoms with Crippen molar-refractivity contribution in [1.82, 2.24) is 14.8 Å². The van der Waals surface area contributed by atoms with E-state index in [1.807, 2.05) is 17.0 Å². The lowest BCUT2D eigenvalue weighted by atomic mass is 10.1. The Morgan fingerprint density at radius 1 is 0.923 bits per heavy atom. The number of piperazine rings is 1. The maximum atomic E-state index is 12.8. The van der Waals surface area contributed by atoms with E-state index in [-0.39, 0.29) is 11.5 Å². The van der Waals surface area contributed by atoms with Crippen molar-refractivity contribution < 1.29 is 4.79 Å². The highest BCUT2D eigenvalue weighted by atomic mass is 16.2. The van der Waals surface area contributed by atoms with Crippen LogP contribution in [0.4, 0.5) is 0 Å². The van der Waals surface area contributed by atoms with Crippen LogP contribution in [0.5, 0.6) is 0 Å².